The Kier molecular flexibility index (Phi) is 5.25. The normalized spacial score (nSPS) is 19.0. The van der Waals surface area contributed by atoms with E-state index in [1.165, 1.54) is 6.07 Å². The maximum absolute atomic E-state index is 12.3. The molecule has 4 nitrogen and oxygen atoms in total. The van der Waals surface area contributed by atoms with Gasteiger partial charge in [0, 0.05) is 36.7 Å². The molecule has 24 heavy (non-hydrogen) atoms. The van der Waals surface area contributed by atoms with Gasteiger partial charge in [-0.15, -0.1) is 0 Å². The predicted octanol–water partition coefficient (Wildman–Crippen LogP) is 3.63. The van der Waals surface area contributed by atoms with Gasteiger partial charge in [0.2, 0.25) is 0 Å². The smallest absolute Gasteiger partial charge is 0.387 e. The minimum atomic E-state index is -2.86. The summed E-state index contributed by atoms with van der Waals surface area (Å²) < 4.78 is 58.0. The Balaban J connectivity index is 1.61. The highest BCUT2D eigenvalue weighted by Gasteiger charge is 2.25. The summed E-state index contributed by atoms with van der Waals surface area (Å²) in [6, 6.07) is 4.76. The largest absolute Gasteiger partial charge is 0.435 e. The first-order valence-electron chi connectivity index (χ1n) is 7.72. The highest BCUT2D eigenvalue weighted by atomic mass is 19.3. The summed E-state index contributed by atoms with van der Waals surface area (Å²) >= 11 is 0. The molecule has 0 bridgehead atoms. The first-order valence-corrected chi connectivity index (χ1v) is 7.72. The van der Waals surface area contributed by atoms with Crippen LogP contribution in [0.2, 0.25) is 0 Å². The second kappa shape index (κ2) is 7.40. The van der Waals surface area contributed by atoms with Gasteiger partial charge < -0.3 is 19.4 Å². The lowest BCUT2D eigenvalue weighted by Crippen LogP contribution is -2.26. The fourth-order valence-electron chi connectivity index (χ4n) is 3.08. The average Bonchev–Trinajstić information content (AvgIpc) is 3.10. The Bertz CT molecular complexity index is 677. The van der Waals surface area contributed by atoms with Gasteiger partial charge in [-0.1, -0.05) is 0 Å². The first-order chi connectivity index (χ1) is 11.5. The van der Waals surface area contributed by atoms with Crippen LogP contribution in [-0.4, -0.2) is 48.8 Å². The Morgan fingerprint density at radius 2 is 2.04 bits per heavy atom. The molecule has 3 rings (SSSR count). The van der Waals surface area contributed by atoms with E-state index >= 15 is 0 Å². The van der Waals surface area contributed by atoms with Crippen molar-refractivity contribution in [2.75, 3.05) is 19.6 Å². The molecule has 1 aromatic carbocycles. The lowest BCUT2D eigenvalue weighted by molar-refractivity contribution is -0.158. The lowest BCUT2D eigenvalue weighted by Gasteiger charge is -2.15. The summed E-state index contributed by atoms with van der Waals surface area (Å²) in [7, 11) is 0. The van der Waals surface area contributed by atoms with Crippen LogP contribution in [0.3, 0.4) is 0 Å². The number of alkyl halides is 4. The van der Waals surface area contributed by atoms with Gasteiger partial charge in [0.25, 0.3) is 0 Å². The van der Waals surface area contributed by atoms with E-state index in [2.05, 4.69) is 19.4 Å². The molecular formula is C16H18F4N2O2. The Morgan fingerprint density at radius 3 is 2.79 bits per heavy atom. The minimum absolute atomic E-state index is 0.116. The van der Waals surface area contributed by atoms with Crippen LogP contribution in [0.15, 0.2) is 24.4 Å². The van der Waals surface area contributed by atoms with E-state index in [0.29, 0.717) is 32.5 Å². The molecule has 1 atom stereocenters. The van der Waals surface area contributed by atoms with E-state index in [4.69, 9.17) is 0 Å². The van der Waals surface area contributed by atoms with E-state index in [-0.39, 0.29) is 5.75 Å². The number of hydrogen-bond donors (Lipinski definition) is 1. The number of nitrogens with zero attached hydrogens (tertiary/aromatic N) is 1. The average molecular weight is 346 g/mol. The van der Waals surface area contributed by atoms with Crippen LogP contribution in [-0.2, 0) is 11.2 Å². The molecule has 0 unspecified atom stereocenters. The topological polar surface area (TPSA) is 37.5 Å². The van der Waals surface area contributed by atoms with Crippen molar-refractivity contribution < 1.29 is 27.0 Å². The minimum Gasteiger partial charge on any atom is -0.435 e. The quantitative estimate of drug-likeness (QED) is 0.778. The zero-order chi connectivity index (χ0) is 17.1. The van der Waals surface area contributed by atoms with Gasteiger partial charge in [-0.2, -0.15) is 17.6 Å². The molecule has 1 N–H and O–H groups in total. The molecule has 1 aliphatic rings. The maximum Gasteiger partial charge on any atom is 0.387 e. The van der Waals surface area contributed by atoms with Crippen LogP contribution in [0.5, 0.6) is 5.75 Å². The molecule has 1 fully saturated rings. The highest BCUT2D eigenvalue weighted by Crippen LogP contribution is 2.26. The Labute approximate surface area is 136 Å². The number of ether oxygens (including phenoxy) is 2. The molecule has 8 heteroatoms. The van der Waals surface area contributed by atoms with Crippen molar-refractivity contribution in [2.45, 2.75) is 32.2 Å². The first kappa shape index (κ1) is 17.0. The standard InChI is InChI=1S/C16H18F4N2O2/c17-15(18)23-11-1-2-14-13(7-11)10(8-21-14)3-5-22-6-4-12(9-22)24-16(19)20/h1-2,7-8,12,15-16,21H,3-6,9H2/t12-/m0/s1. The van der Waals surface area contributed by atoms with Crippen molar-refractivity contribution in [3.63, 3.8) is 0 Å². The number of rotatable bonds is 7. The van der Waals surface area contributed by atoms with Gasteiger partial charge in [-0.25, -0.2) is 0 Å². The van der Waals surface area contributed by atoms with Gasteiger partial charge in [0.1, 0.15) is 5.75 Å². The third-order valence-electron chi connectivity index (χ3n) is 4.19. The molecule has 1 aromatic heterocycles. The second-order valence-electron chi connectivity index (χ2n) is 5.76. The van der Waals surface area contributed by atoms with Crippen molar-refractivity contribution in [2.24, 2.45) is 0 Å². The summed E-state index contributed by atoms with van der Waals surface area (Å²) in [4.78, 5) is 5.15. The van der Waals surface area contributed by atoms with Gasteiger partial charge in [-0.3, -0.25) is 0 Å². The van der Waals surface area contributed by atoms with E-state index < -0.39 is 19.3 Å². The van der Waals surface area contributed by atoms with Crippen molar-refractivity contribution in [3.05, 3.63) is 30.0 Å². The number of hydrogen-bond acceptors (Lipinski definition) is 3. The monoisotopic (exact) mass is 346 g/mol. The zero-order valence-electron chi connectivity index (χ0n) is 12.9. The molecule has 0 radical (unpaired) electrons. The summed E-state index contributed by atoms with van der Waals surface area (Å²) in [5.41, 5.74) is 1.81. The molecular weight excluding hydrogens is 328 g/mol. The van der Waals surface area contributed by atoms with Crippen LogP contribution in [0.25, 0.3) is 10.9 Å². The van der Waals surface area contributed by atoms with Gasteiger partial charge in [0.15, 0.2) is 0 Å². The molecule has 0 spiro atoms. The van der Waals surface area contributed by atoms with Gasteiger partial charge in [-0.05, 0) is 36.6 Å². The molecule has 2 aromatic rings. The van der Waals surface area contributed by atoms with E-state index in [9.17, 15) is 17.6 Å². The van der Waals surface area contributed by atoms with E-state index in [1.807, 2.05) is 6.20 Å². The van der Waals surface area contributed by atoms with Crippen molar-refractivity contribution in [3.8, 4) is 5.75 Å². The molecule has 0 aliphatic carbocycles. The van der Waals surface area contributed by atoms with Crippen LogP contribution in [0.4, 0.5) is 17.6 Å². The summed E-state index contributed by atoms with van der Waals surface area (Å²) in [6.45, 7) is -3.72. The van der Waals surface area contributed by atoms with Crippen LogP contribution >= 0.6 is 0 Å². The van der Waals surface area contributed by atoms with E-state index in [1.54, 1.807) is 12.1 Å². The highest BCUT2D eigenvalue weighted by molar-refractivity contribution is 5.84. The molecule has 1 aliphatic heterocycles. The maximum atomic E-state index is 12.3. The summed E-state index contributed by atoms with van der Waals surface area (Å²) in [5.74, 6) is 0.116. The third kappa shape index (κ3) is 4.18. The molecule has 132 valence electrons. The van der Waals surface area contributed by atoms with Crippen molar-refractivity contribution in [1.29, 1.82) is 0 Å². The fraction of sp³-hybridized carbons (Fsp3) is 0.500. The number of nitrogens with one attached hydrogen (secondary N) is 1. The molecule has 0 amide bonds. The third-order valence-corrected chi connectivity index (χ3v) is 4.19. The molecule has 0 saturated carbocycles. The number of aromatic amines is 1. The number of H-pyrrole nitrogens is 1. The number of fused-ring (bicyclic) bond motifs is 1. The molecule has 2 heterocycles. The summed E-state index contributed by atoms with van der Waals surface area (Å²) in [6.07, 6.45) is 2.67. The van der Waals surface area contributed by atoms with Crippen LogP contribution in [0, 0.1) is 0 Å². The SMILES string of the molecule is FC(F)Oc1ccc2[nH]cc(CCN3CC[C@H](OC(F)F)C3)c2c1. The second-order valence-corrected chi connectivity index (χ2v) is 5.76. The summed E-state index contributed by atoms with van der Waals surface area (Å²) in [5, 5.41) is 0.827. The predicted molar refractivity (Wildman–Crippen MR) is 80.6 cm³/mol. The van der Waals surface area contributed by atoms with Crippen LogP contribution < -0.4 is 4.74 Å². The number of halogens is 4. The van der Waals surface area contributed by atoms with Crippen LogP contribution in [0.1, 0.15) is 12.0 Å². The number of benzene rings is 1. The Hall–Kier alpha value is -1.80. The number of aromatic nitrogens is 1. The zero-order valence-corrected chi connectivity index (χ0v) is 12.9. The number of likely N-dealkylation sites (tertiary alicyclic amines) is 1. The Morgan fingerprint density at radius 1 is 1.21 bits per heavy atom. The van der Waals surface area contributed by atoms with E-state index in [0.717, 1.165) is 16.5 Å². The lowest BCUT2D eigenvalue weighted by atomic mass is 10.1. The molecule has 1 saturated heterocycles. The van der Waals surface area contributed by atoms with Gasteiger partial charge in [0.05, 0.1) is 6.10 Å². The van der Waals surface area contributed by atoms with Crippen molar-refractivity contribution >= 4 is 10.9 Å². The fourth-order valence-corrected chi connectivity index (χ4v) is 3.08. The van der Waals surface area contributed by atoms with Gasteiger partial charge >= 0.3 is 13.2 Å². The van der Waals surface area contributed by atoms with Crippen molar-refractivity contribution in [1.82, 2.24) is 9.88 Å².